The number of aromatic hydroxyl groups is 1. The van der Waals surface area contributed by atoms with Gasteiger partial charge in [0.2, 0.25) is 6.29 Å². The molecule has 10 nitrogen and oxygen atoms in total. The van der Waals surface area contributed by atoms with Gasteiger partial charge < -0.3 is 39.1 Å². The van der Waals surface area contributed by atoms with Crippen LogP contribution >= 0.6 is 0 Å². The SMILES string of the molecule is CCCCCCCCCCCCCC(=O)OCC1OC(Oc2cc3ccc(=O)oc3cc2O)C(O)C(O)C1O. The van der Waals surface area contributed by atoms with Gasteiger partial charge in [-0.1, -0.05) is 71.1 Å². The van der Waals surface area contributed by atoms with Crippen LogP contribution < -0.4 is 10.4 Å². The first-order valence-electron chi connectivity index (χ1n) is 14.1. The van der Waals surface area contributed by atoms with Crippen LogP contribution in [0.4, 0.5) is 0 Å². The predicted octanol–water partition coefficient (Wildman–Crippen LogP) is 3.93. The van der Waals surface area contributed by atoms with Crippen LogP contribution in [0.5, 0.6) is 11.5 Å². The maximum Gasteiger partial charge on any atom is 0.336 e. The zero-order chi connectivity index (χ0) is 28.2. The van der Waals surface area contributed by atoms with Crippen molar-refractivity contribution in [2.24, 2.45) is 0 Å². The Labute approximate surface area is 228 Å². The van der Waals surface area contributed by atoms with Gasteiger partial charge in [0.25, 0.3) is 0 Å². The number of phenols is 1. The van der Waals surface area contributed by atoms with E-state index in [0.29, 0.717) is 11.8 Å². The molecule has 5 atom stereocenters. The summed E-state index contributed by atoms with van der Waals surface area (Å²) in [5.74, 6) is -0.923. The number of ether oxygens (including phenoxy) is 3. The number of carbonyl (C=O) groups excluding carboxylic acids is 1. The standard InChI is InChI=1S/C29H42O10/c1-2-3-4-5-6-7-8-9-10-11-12-13-24(31)36-18-23-26(33)27(34)28(35)29(39-23)38-22-16-19-14-15-25(32)37-21(19)17-20(22)30/h14-17,23,26-30,33-35H,2-13,18H2,1H3. The summed E-state index contributed by atoms with van der Waals surface area (Å²) in [5, 5.41) is 41.7. The van der Waals surface area contributed by atoms with E-state index in [1.54, 1.807) is 0 Å². The number of unbranched alkanes of at least 4 members (excludes halogenated alkanes) is 10. The number of hydrogen-bond donors (Lipinski definition) is 4. The van der Waals surface area contributed by atoms with Gasteiger partial charge in [-0.2, -0.15) is 0 Å². The Hall–Kier alpha value is -2.66. The van der Waals surface area contributed by atoms with Gasteiger partial charge in [0.15, 0.2) is 11.5 Å². The van der Waals surface area contributed by atoms with Crippen molar-refractivity contribution in [2.45, 2.75) is 115 Å². The number of phenolic OH excluding ortho intramolecular Hbond substituents is 1. The van der Waals surface area contributed by atoms with E-state index < -0.39 is 42.3 Å². The molecular formula is C29H42O10. The summed E-state index contributed by atoms with van der Waals surface area (Å²) in [5.41, 5.74) is -0.449. The Bertz CT molecular complexity index is 1080. The number of fused-ring (bicyclic) bond motifs is 1. The third-order valence-electron chi connectivity index (χ3n) is 7.01. The van der Waals surface area contributed by atoms with Crippen LogP contribution in [0.3, 0.4) is 0 Å². The first kappa shape index (κ1) is 30.9. The Kier molecular flexibility index (Phi) is 12.5. The van der Waals surface area contributed by atoms with E-state index in [2.05, 4.69) is 6.92 Å². The Balaban J connectivity index is 1.40. The monoisotopic (exact) mass is 550 g/mol. The minimum absolute atomic E-state index is 0.101. The summed E-state index contributed by atoms with van der Waals surface area (Å²) >= 11 is 0. The molecule has 10 heteroatoms. The minimum Gasteiger partial charge on any atom is -0.504 e. The van der Waals surface area contributed by atoms with E-state index in [-0.39, 0.29) is 30.1 Å². The molecule has 1 saturated heterocycles. The van der Waals surface area contributed by atoms with Crippen molar-refractivity contribution in [3.05, 3.63) is 34.7 Å². The summed E-state index contributed by atoms with van der Waals surface area (Å²) in [6.45, 7) is 1.88. The molecule has 0 amide bonds. The van der Waals surface area contributed by atoms with Crippen molar-refractivity contribution < 1.29 is 43.8 Å². The van der Waals surface area contributed by atoms with E-state index >= 15 is 0 Å². The molecule has 39 heavy (non-hydrogen) atoms. The summed E-state index contributed by atoms with van der Waals surface area (Å²) in [7, 11) is 0. The van der Waals surface area contributed by atoms with Crippen LogP contribution in [0.25, 0.3) is 11.0 Å². The van der Waals surface area contributed by atoms with Crippen molar-refractivity contribution in [2.75, 3.05) is 6.61 Å². The highest BCUT2D eigenvalue weighted by Gasteiger charge is 2.45. The fraction of sp³-hybridized carbons (Fsp3) is 0.655. The quantitative estimate of drug-likeness (QED) is 0.137. The number of hydrogen-bond acceptors (Lipinski definition) is 10. The van der Waals surface area contributed by atoms with Gasteiger partial charge in [-0.3, -0.25) is 4.79 Å². The summed E-state index contributed by atoms with van der Waals surface area (Å²) < 4.78 is 21.4. The minimum atomic E-state index is -1.65. The lowest BCUT2D eigenvalue weighted by atomic mass is 9.99. The molecule has 1 aliphatic rings. The zero-order valence-corrected chi connectivity index (χ0v) is 22.6. The van der Waals surface area contributed by atoms with Crippen LogP contribution in [0.1, 0.15) is 84.0 Å². The molecule has 4 N–H and O–H groups in total. The fourth-order valence-electron chi connectivity index (χ4n) is 4.64. The second kappa shape index (κ2) is 15.8. The largest absolute Gasteiger partial charge is 0.504 e. The molecule has 2 heterocycles. The highest BCUT2D eigenvalue weighted by Crippen LogP contribution is 2.34. The molecule has 218 valence electrons. The predicted molar refractivity (Wildman–Crippen MR) is 143 cm³/mol. The van der Waals surface area contributed by atoms with Crippen molar-refractivity contribution >= 4 is 16.9 Å². The molecular weight excluding hydrogens is 508 g/mol. The number of rotatable bonds is 16. The van der Waals surface area contributed by atoms with Crippen molar-refractivity contribution in [3.63, 3.8) is 0 Å². The van der Waals surface area contributed by atoms with Gasteiger partial charge in [0.1, 0.15) is 36.6 Å². The summed E-state index contributed by atoms with van der Waals surface area (Å²) in [6, 6.07) is 5.24. The average Bonchev–Trinajstić information content (AvgIpc) is 2.91. The van der Waals surface area contributed by atoms with Gasteiger partial charge >= 0.3 is 11.6 Å². The zero-order valence-electron chi connectivity index (χ0n) is 22.6. The molecule has 0 saturated carbocycles. The molecule has 1 aliphatic heterocycles. The number of aliphatic hydroxyl groups is 3. The lowest BCUT2D eigenvalue weighted by Gasteiger charge is -2.39. The molecule has 1 fully saturated rings. The highest BCUT2D eigenvalue weighted by molar-refractivity contribution is 5.80. The van der Waals surface area contributed by atoms with Crippen molar-refractivity contribution in [1.29, 1.82) is 0 Å². The van der Waals surface area contributed by atoms with E-state index in [9.17, 15) is 30.0 Å². The average molecular weight is 551 g/mol. The maximum atomic E-state index is 12.2. The first-order chi connectivity index (χ1) is 18.8. The van der Waals surface area contributed by atoms with Gasteiger partial charge in [-0.25, -0.2) is 4.79 Å². The fourth-order valence-corrected chi connectivity index (χ4v) is 4.64. The lowest BCUT2D eigenvalue weighted by Crippen LogP contribution is -2.60. The molecule has 0 bridgehead atoms. The Morgan fingerprint density at radius 1 is 0.872 bits per heavy atom. The van der Waals surface area contributed by atoms with Crippen LogP contribution in [-0.2, 0) is 14.3 Å². The van der Waals surface area contributed by atoms with Crippen LogP contribution in [-0.4, -0.2) is 63.7 Å². The van der Waals surface area contributed by atoms with Gasteiger partial charge in [-0.05, 0) is 18.6 Å². The summed E-state index contributed by atoms with van der Waals surface area (Å²) in [4.78, 5) is 23.6. The second-order valence-corrected chi connectivity index (χ2v) is 10.2. The molecule has 3 rings (SSSR count). The number of carbonyl (C=O) groups is 1. The van der Waals surface area contributed by atoms with Crippen LogP contribution in [0.2, 0.25) is 0 Å². The van der Waals surface area contributed by atoms with Crippen LogP contribution in [0, 0.1) is 0 Å². The van der Waals surface area contributed by atoms with Crippen LogP contribution in [0.15, 0.2) is 33.5 Å². The third-order valence-corrected chi connectivity index (χ3v) is 7.01. The molecule has 0 spiro atoms. The number of aliphatic hydroxyl groups excluding tert-OH is 3. The highest BCUT2D eigenvalue weighted by atomic mass is 16.7. The molecule has 0 aliphatic carbocycles. The van der Waals surface area contributed by atoms with E-state index in [1.807, 2.05) is 0 Å². The van der Waals surface area contributed by atoms with E-state index in [1.165, 1.54) is 69.2 Å². The molecule has 1 aromatic carbocycles. The number of esters is 1. The molecule has 5 unspecified atom stereocenters. The van der Waals surface area contributed by atoms with Gasteiger partial charge in [0.05, 0.1) is 0 Å². The van der Waals surface area contributed by atoms with Gasteiger partial charge in [0, 0.05) is 23.9 Å². The third kappa shape index (κ3) is 9.49. The van der Waals surface area contributed by atoms with Crippen molar-refractivity contribution in [3.8, 4) is 11.5 Å². The molecule has 1 aromatic heterocycles. The summed E-state index contributed by atoms with van der Waals surface area (Å²) in [6.07, 6.45) is 5.68. The lowest BCUT2D eigenvalue weighted by molar-refractivity contribution is -0.278. The second-order valence-electron chi connectivity index (χ2n) is 10.2. The van der Waals surface area contributed by atoms with Crippen molar-refractivity contribution in [1.82, 2.24) is 0 Å². The number of benzene rings is 1. The molecule has 0 radical (unpaired) electrons. The maximum absolute atomic E-state index is 12.2. The Morgan fingerprint density at radius 3 is 2.18 bits per heavy atom. The van der Waals surface area contributed by atoms with Gasteiger partial charge in [-0.15, -0.1) is 0 Å². The van der Waals surface area contributed by atoms with E-state index in [4.69, 9.17) is 18.6 Å². The molecule has 2 aromatic rings. The first-order valence-corrected chi connectivity index (χ1v) is 14.1. The smallest absolute Gasteiger partial charge is 0.336 e. The van der Waals surface area contributed by atoms with E-state index in [0.717, 1.165) is 19.3 Å². The topological polar surface area (TPSA) is 156 Å². The normalized spacial score (nSPS) is 23.1. The Morgan fingerprint density at radius 2 is 1.51 bits per heavy atom.